The lowest BCUT2D eigenvalue weighted by atomic mass is 10.0. The summed E-state index contributed by atoms with van der Waals surface area (Å²) in [5.74, 6) is -0.231. The molecule has 4 N–H and O–H groups in total. The van der Waals surface area contributed by atoms with Gasteiger partial charge in [0.05, 0.1) is 12.1 Å². The SMILES string of the molecule is CC(=O)N[C@H](CC(C)C)C(=O)N(CCc1c[nH]c2ccccc12)CC(=O)N/C=C\c1c[nH]c2cc(OCc3ccccc3)ncc12. The first-order valence-corrected chi connectivity index (χ1v) is 15.5. The number of hydrogen-bond acceptors (Lipinski definition) is 5. The Balaban J connectivity index is 1.24. The highest BCUT2D eigenvalue weighted by atomic mass is 16.5. The van der Waals surface area contributed by atoms with Crippen LogP contribution in [-0.2, 0) is 27.4 Å². The van der Waals surface area contributed by atoms with Crippen LogP contribution in [0.15, 0.2) is 85.5 Å². The van der Waals surface area contributed by atoms with Crippen LogP contribution in [-0.4, -0.2) is 56.7 Å². The van der Waals surface area contributed by atoms with Crippen molar-refractivity contribution in [2.45, 2.75) is 46.3 Å². The molecule has 0 bridgehead atoms. The average molecular weight is 621 g/mol. The number of carbonyl (C=O) groups excluding carboxylic acids is 3. The van der Waals surface area contributed by atoms with Gasteiger partial charge in [-0.25, -0.2) is 4.98 Å². The van der Waals surface area contributed by atoms with Crippen molar-refractivity contribution in [1.82, 2.24) is 30.5 Å². The molecule has 3 heterocycles. The van der Waals surface area contributed by atoms with E-state index in [0.717, 1.165) is 38.5 Å². The number of aromatic amines is 2. The lowest BCUT2D eigenvalue weighted by molar-refractivity contribution is -0.139. The summed E-state index contributed by atoms with van der Waals surface area (Å²) in [4.78, 5) is 51.3. The minimum atomic E-state index is -0.718. The normalized spacial score (nSPS) is 12.1. The number of amides is 3. The second-order valence-corrected chi connectivity index (χ2v) is 11.7. The molecule has 0 aliphatic rings. The Hall–Kier alpha value is -5.38. The van der Waals surface area contributed by atoms with E-state index in [0.29, 0.717) is 31.9 Å². The third-order valence-electron chi connectivity index (χ3n) is 7.66. The molecule has 5 rings (SSSR count). The zero-order valence-electron chi connectivity index (χ0n) is 26.4. The lowest BCUT2D eigenvalue weighted by Gasteiger charge is -2.28. The Bertz CT molecular complexity index is 1820. The molecule has 1 atom stereocenters. The van der Waals surface area contributed by atoms with E-state index in [4.69, 9.17) is 4.74 Å². The molecule has 10 nitrogen and oxygen atoms in total. The van der Waals surface area contributed by atoms with Gasteiger partial charge in [0, 0.05) is 66.2 Å². The number of carbonyl (C=O) groups is 3. The van der Waals surface area contributed by atoms with Gasteiger partial charge in [0.15, 0.2) is 0 Å². The number of benzene rings is 2. The number of rotatable bonds is 14. The van der Waals surface area contributed by atoms with E-state index in [2.05, 4.69) is 25.6 Å². The lowest BCUT2D eigenvalue weighted by Crippen LogP contribution is -2.51. The molecule has 0 radical (unpaired) electrons. The first-order chi connectivity index (χ1) is 22.3. The van der Waals surface area contributed by atoms with Crippen molar-refractivity contribution >= 4 is 45.6 Å². The van der Waals surface area contributed by atoms with Gasteiger partial charge in [-0.2, -0.15) is 0 Å². The number of hydrogen-bond donors (Lipinski definition) is 4. The molecule has 0 aliphatic heterocycles. The smallest absolute Gasteiger partial charge is 0.245 e. The van der Waals surface area contributed by atoms with Gasteiger partial charge in [-0.3, -0.25) is 14.4 Å². The molecule has 2 aromatic carbocycles. The van der Waals surface area contributed by atoms with Crippen LogP contribution in [0.3, 0.4) is 0 Å². The molecule has 0 fully saturated rings. The minimum Gasteiger partial charge on any atom is -0.473 e. The Morgan fingerprint density at radius 2 is 1.74 bits per heavy atom. The maximum Gasteiger partial charge on any atom is 0.245 e. The van der Waals surface area contributed by atoms with Crippen molar-refractivity contribution in [3.63, 3.8) is 0 Å². The van der Waals surface area contributed by atoms with E-state index >= 15 is 0 Å². The Kier molecular flexibility index (Phi) is 10.5. The van der Waals surface area contributed by atoms with Crippen molar-refractivity contribution in [3.05, 3.63) is 102 Å². The van der Waals surface area contributed by atoms with E-state index in [1.54, 1.807) is 18.5 Å². The van der Waals surface area contributed by atoms with Gasteiger partial charge in [-0.15, -0.1) is 0 Å². The highest BCUT2D eigenvalue weighted by Gasteiger charge is 2.27. The van der Waals surface area contributed by atoms with Crippen LogP contribution < -0.4 is 15.4 Å². The number of ether oxygens (including phenoxy) is 1. The quantitative estimate of drug-likeness (QED) is 0.133. The molecule has 46 heavy (non-hydrogen) atoms. The van der Waals surface area contributed by atoms with E-state index in [-0.39, 0.29) is 30.2 Å². The second kappa shape index (κ2) is 15.1. The van der Waals surface area contributed by atoms with E-state index in [1.165, 1.54) is 11.8 Å². The van der Waals surface area contributed by atoms with Gasteiger partial charge in [0.2, 0.25) is 23.6 Å². The van der Waals surface area contributed by atoms with Gasteiger partial charge >= 0.3 is 0 Å². The van der Waals surface area contributed by atoms with Crippen LogP contribution in [0.4, 0.5) is 0 Å². The van der Waals surface area contributed by atoms with E-state index in [1.807, 2.05) is 86.9 Å². The monoisotopic (exact) mass is 620 g/mol. The summed E-state index contributed by atoms with van der Waals surface area (Å²) in [6.07, 6.45) is 9.85. The molecule has 3 amide bonds. The molecule has 0 saturated carbocycles. The molecule has 10 heteroatoms. The standard InChI is InChI=1S/C36H40N6O4/c1-24(2)17-33(41-25(3)43)36(45)42(16-14-28-20-38-31-12-8-7-11-29(28)31)22-34(44)37-15-13-27-19-39-32-18-35(40-21-30(27)32)46-23-26-9-5-4-6-10-26/h4-13,15,18-21,24,33,38-39H,14,16-17,22-23H2,1-3H3,(H,37,44)(H,41,43)/b15-13-/t33-/m1/s1. The first kappa shape index (κ1) is 32.0. The molecule has 5 aromatic rings. The summed E-state index contributed by atoms with van der Waals surface area (Å²) in [6.45, 7) is 5.96. The summed E-state index contributed by atoms with van der Waals surface area (Å²) in [7, 11) is 0. The summed E-state index contributed by atoms with van der Waals surface area (Å²) < 4.78 is 5.84. The van der Waals surface area contributed by atoms with Crippen molar-refractivity contribution < 1.29 is 19.1 Å². The maximum absolute atomic E-state index is 13.7. The van der Waals surface area contributed by atoms with Crippen molar-refractivity contribution in [2.75, 3.05) is 13.1 Å². The van der Waals surface area contributed by atoms with E-state index < -0.39 is 6.04 Å². The summed E-state index contributed by atoms with van der Waals surface area (Å²) >= 11 is 0. The topological polar surface area (TPSA) is 132 Å². The fourth-order valence-electron chi connectivity index (χ4n) is 5.43. The number of nitrogens with one attached hydrogen (secondary N) is 4. The average Bonchev–Trinajstić information content (AvgIpc) is 3.65. The first-order valence-electron chi connectivity index (χ1n) is 15.5. The third kappa shape index (κ3) is 8.41. The van der Waals surface area contributed by atoms with Crippen molar-refractivity contribution in [1.29, 1.82) is 0 Å². The van der Waals surface area contributed by atoms with Crippen molar-refractivity contribution in [2.24, 2.45) is 5.92 Å². The van der Waals surface area contributed by atoms with Crippen LogP contribution in [0.5, 0.6) is 5.88 Å². The minimum absolute atomic E-state index is 0.155. The number of H-pyrrole nitrogens is 2. The van der Waals surface area contributed by atoms with Crippen molar-refractivity contribution in [3.8, 4) is 5.88 Å². The molecule has 0 spiro atoms. The molecule has 0 unspecified atom stereocenters. The molecule has 0 saturated heterocycles. The molecular weight excluding hydrogens is 580 g/mol. The number of fused-ring (bicyclic) bond motifs is 2. The van der Waals surface area contributed by atoms with Crippen LogP contribution in [0.1, 0.15) is 43.9 Å². The Labute approximate surface area is 268 Å². The predicted molar refractivity (Wildman–Crippen MR) is 180 cm³/mol. The highest BCUT2D eigenvalue weighted by Crippen LogP contribution is 2.23. The summed E-state index contributed by atoms with van der Waals surface area (Å²) in [5, 5.41) is 7.53. The number of pyridine rings is 1. The highest BCUT2D eigenvalue weighted by molar-refractivity contribution is 5.92. The molecule has 3 aromatic heterocycles. The van der Waals surface area contributed by atoms with E-state index in [9.17, 15) is 14.4 Å². The second-order valence-electron chi connectivity index (χ2n) is 11.7. The summed E-state index contributed by atoms with van der Waals surface area (Å²) in [5.41, 5.74) is 4.81. The summed E-state index contributed by atoms with van der Waals surface area (Å²) in [6, 6.07) is 19.0. The van der Waals surface area contributed by atoms with Gasteiger partial charge in [0.25, 0.3) is 0 Å². The molecular formula is C36H40N6O4. The molecule has 0 aliphatic carbocycles. The fourth-order valence-corrected chi connectivity index (χ4v) is 5.43. The number of nitrogens with zero attached hydrogens (tertiary/aromatic N) is 2. The van der Waals surface area contributed by atoms with Gasteiger partial charge in [-0.05, 0) is 42.0 Å². The third-order valence-corrected chi connectivity index (χ3v) is 7.66. The number of aromatic nitrogens is 3. The zero-order valence-corrected chi connectivity index (χ0v) is 26.4. The maximum atomic E-state index is 13.7. The van der Waals surface area contributed by atoms with Crippen LogP contribution >= 0.6 is 0 Å². The van der Waals surface area contributed by atoms with Gasteiger partial charge in [-0.1, -0.05) is 62.4 Å². The zero-order chi connectivity index (χ0) is 32.5. The molecule has 238 valence electrons. The Morgan fingerprint density at radius 3 is 2.52 bits per heavy atom. The van der Waals surface area contributed by atoms with Gasteiger partial charge in [0.1, 0.15) is 12.6 Å². The largest absolute Gasteiger partial charge is 0.473 e. The van der Waals surface area contributed by atoms with Crippen LogP contribution in [0.2, 0.25) is 0 Å². The number of para-hydroxylation sites is 1. The van der Waals surface area contributed by atoms with Crippen LogP contribution in [0, 0.1) is 5.92 Å². The fraction of sp³-hybridized carbons (Fsp3) is 0.278. The van der Waals surface area contributed by atoms with Crippen LogP contribution in [0.25, 0.3) is 27.9 Å². The Morgan fingerprint density at radius 1 is 0.978 bits per heavy atom. The predicted octanol–water partition coefficient (Wildman–Crippen LogP) is 5.33. The van der Waals surface area contributed by atoms with Gasteiger partial charge < -0.3 is 30.2 Å².